The fourth-order valence-corrected chi connectivity index (χ4v) is 5.04. The molecule has 0 spiro atoms. The molecule has 3 aromatic heterocycles. The number of aryl methyl sites for hydroxylation is 1. The summed E-state index contributed by atoms with van der Waals surface area (Å²) in [5.74, 6) is 0.886. The predicted octanol–water partition coefficient (Wildman–Crippen LogP) is 4.38. The largest absolute Gasteiger partial charge is 0.492 e. The summed E-state index contributed by atoms with van der Waals surface area (Å²) in [6.45, 7) is 6.12. The number of aromatic nitrogens is 3. The van der Waals surface area contributed by atoms with Gasteiger partial charge in [0.25, 0.3) is 5.56 Å². The number of nitrogens with zero attached hydrogens (tertiary/aromatic N) is 4. The molecule has 0 atom stereocenters. The zero-order valence-corrected chi connectivity index (χ0v) is 21.3. The van der Waals surface area contributed by atoms with Gasteiger partial charge >= 0.3 is 0 Å². The third-order valence-corrected chi connectivity index (χ3v) is 7.32. The van der Waals surface area contributed by atoms with E-state index in [0.717, 1.165) is 77.1 Å². The highest BCUT2D eigenvalue weighted by Gasteiger charge is 2.14. The smallest absolute Gasteiger partial charge is 0.274 e. The van der Waals surface area contributed by atoms with Crippen molar-refractivity contribution < 1.29 is 4.74 Å². The van der Waals surface area contributed by atoms with Gasteiger partial charge in [0.15, 0.2) is 0 Å². The molecule has 188 valence electrons. The van der Waals surface area contributed by atoms with Crippen LogP contribution in [0, 0.1) is 0 Å². The number of hydrogen-bond acceptors (Lipinski definition) is 5. The van der Waals surface area contributed by atoms with Crippen molar-refractivity contribution in [3.8, 4) is 28.1 Å². The zero-order valence-electron chi connectivity index (χ0n) is 21.3. The lowest BCUT2D eigenvalue weighted by Gasteiger charge is -2.32. The first kappa shape index (κ1) is 23.5. The summed E-state index contributed by atoms with van der Waals surface area (Å²) in [4.78, 5) is 25.2. The molecule has 1 saturated heterocycles. The molecule has 1 fully saturated rings. The van der Waals surface area contributed by atoms with E-state index >= 15 is 0 Å². The number of benzene rings is 2. The highest BCUT2D eigenvalue weighted by Crippen LogP contribution is 2.30. The Morgan fingerprint density at radius 2 is 1.70 bits per heavy atom. The Morgan fingerprint density at radius 3 is 2.51 bits per heavy atom. The van der Waals surface area contributed by atoms with Gasteiger partial charge in [-0.3, -0.25) is 9.69 Å². The predicted molar refractivity (Wildman–Crippen MR) is 149 cm³/mol. The molecule has 1 aliphatic rings. The Hall–Kier alpha value is -3.94. The summed E-state index contributed by atoms with van der Waals surface area (Å²) in [5.41, 5.74) is 5.60. The number of pyridine rings is 2. The molecule has 4 heterocycles. The van der Waals surface area contributed by atoms with Crippen LogP contribution in [0.5, 0.6) is 5.75 Å². The molecule has 7 nitrogen and oxygen atoms in total. The molecule has 2 aromatic carbocycles. The highest BCUT2D eigenvalue weighted by molar-refractivity contribution is 5.97. The van der Waals surface area contributed by atoms with Crippen LogP contribution in [-0.2, 0) is 7.05 Å². The monoisotopic (exact) mass is 493 g/mol. The number of nitrogens with one attached hydrogen (secondary N) is 1. The summed E-state index contributed by atoms with van der Waals surface area (Å²) in [7, 11) is 3.96. The molecule has 6 rings (SSSR count). The third-order valence-electron chi connectivity index (χ3n) is 7.32. The molecule has 0 bridgehead atoms. The van der Waals surface area contributed by atoms with Gasteiger partial charge in [0.2, 0.25) is 0 Å². The van der Waals surface area contributed by atoms with Gasteiger partial charge in [-0.1, -0.05) is 12.1 Å². The third kappa shape index (κ3) is 4.75. The molecule has 7 heteroatoms. The normalized spacial score (nSPS) is 15.0. The Balaban J connectivity index is 1.18. The van der Waals surface area contributed by atoms with E-state index < -0.39 is 0 Å². The minimum Gasteiger partial charge on any atom is -0.492 e. The van der Waals surface area contributed by atoms with Crippen molar-refractivity contribution in [2.45, 2.75) is 0 Å². The Bertz CT molecular complexity index is 1610. The molecular weight excluding hydrogens is 462 g/mol. The topological polar surface area (TPSA) is 66.4 Å². The van der Waals surface area contributed by atoms with Gasteiger partial charge in [0.05, 0.1) is 11.2 Å². The lowest BCUT2D eigenvalue weighted by molar-refractivity contribution is 0.134. The van der Waals surface area contributed by atoms with E-state index in [-0.39, 0.29) is 5.56 Å². The number of rotatable bonds is 6. The van der Waals surface area contributed by atoms with Crippen LogP contribution in [0.1, 0.15) is 0 Å². The van der Waals surface area contributed by atoms with Crippen molar-refractivity contribution in [2.24, 2.45) is 7.05 Å². The second-order valence-electron chi connectivity index (χ2n) is 9.85. The zero-order chi connectivity index (χ0) is 25.4. The van der Waals surface area contributed by atoms with Crippen LogP contribution in [0.3, 0.4) is 0 Å². The van der Waals surface area contributed by atoms with Gasteiger partial charge < -0.3 is 19.2 Å². The lowest BCUT2D eigenvalue weighted by Crippen LogP contribution is -2.45. The maximum Gasteiger partial charge on any atom is 0.274 e. The molecule has 0 aliphatic carbocycles. The second-order valence-corrected chi connectivity index (χ2v) is 9.85. The van der Waals surface area contributed by atoms with Crippen molar-refractivity contribution >= 4 is 21.8 Å². The van der Waals surface area contributed by atoms with Crippen molar-refractivity contribution in [3.63, 3.8) is 0 Å². The first-order valence-corrected chi connectivity index (χ1v) is 12.8. The van der Waals surface area contributed by atoms with Gasteiger partial charge in [-0.15, -0.1) is 0 Å². The first-order valence-electron chi connectivity index (χ1n) is 12.8. The minimum absolute atomic E-state index is 0.0257. The molecule has 1 aliphatic heterocycles. The van der Waals surface area contributed by atoms with Gasteiger partial charge in [0.1, 0.15) is 17.9 Å². The summed E-state index contributed by atoms with van der Waals surface area (Å²) in [6.07, 6.45) is 3.71. The van der Waals surface area contributed by atoms with Crippen LogP contribution < -0.4 is 10.3 Å². The number of fused-ring (bicyclic) bond motifs is 2. The van der Waals surface area contributed by atoms with E-state index in [1.807, 2.05) is 36.7 Å². The van der Waals surface area contributed by atoms with E-state index in [9.17, 15) is 4.79 Å². The number of likely N-dealkylation sites (N-methyl/N-ethyl adjacent to an activating group) is 1. The SMILES string of the molecule is CN1CCN(CCOc2ccc(-c3ccc4cc(-c5cn(C)c(=O)c6[nH]ccc56)ccc4n3)cc2)CC1. The molecule has 0 amide bonds. The molecule has 5 aromatic rings. The molecule has 1 N–H and O–H groups in total. The quantitative estimate of drug-likeness (QED) is 0.380. The molecule has 0 saturated carbocycles. The van der Waals surface area contributed by atoms with Crippen molar-refractivity contribution in [1.29, 1.82) is 0 Å². The first-order chi connectivity index (χ1) is 18.0. The van der Waals surface area contributed by atoms with E-state index in [1.165, 1.54) is 0 Å². The molecular formula is C30H31N5O2. The van der Waals surface area contributed by atoms with Crippen LogP contribution in [-0.4, -0.2) is 70.7 Å². The number of ether oxygens (including phenoxy) is 1. The Kier molecular flexibility index (Phi) is 6.24. The van der Waals surface area contributed by atoms with E-state index in [0.29, 0.717) is 12.1 Å². The van der Waals surface area contributed by atoms with Gasteiger partial charge in [-0.05, 0) is 61.1 Å². The summed E-state index contributed by atoms with van der Waals surface area (Å²) >= 11 is 0. The van der Waals surface area contributed by atoms with Crippen molar-refractivity contribution in [1.82, 2.24) is 24.3 Å². The number of H-pyrrole nitrogens is 1. The maximum atomic E-state index is 12.4. The Labute approximate surface area is 215 Å². The summed E-state index contributed by atoms with van der Waals surface area (Å²) in [6, 6.07) is 20.6. The van der Waals surface area contributed by atoms with Gasteiger partial charge in [-0.2, -0.15) is 0 Å². The molecule has 37 heavy (non-hydrogen) atoms. The second kappa shape index (κ2) is 9.84. The molecule has 0 radical (unpaired) electrons. The summed E-state index contributed by atoms with van der Waals surface area (Å²) < 4.78 is 7.62. The standard InChI is InChI=1S/C30H31N5O2/c1-33-13-15-35(16-14-33)17-18-37-24-7-3-21(4-8-24)27-10-6-23-19-22(5-9-28(23)32-27)26-20-34(2)30(36)29-25(26)11-12-31-29/h3-12,19-20,31H,13-18H2,1-2H3. The summed E-state index contributed by atoms with van der Waals surface area (Å²) in [5, 5.41) is 1.99. The number of piperazine rings is 1. The van der Waals surface area contributed by atoms with Crippen LogP contribution in [0.2, 0.25) is 0 Å². The fourth-order valence-electron chi connectivity index (χ4n) is 5.04. The van der Waals surface area contributed by atoms with Crippen LogP contribution in [0.25, 0.3) is 44.2 Å². The van der Waals surface area contributed by atoms with Gasteiger partial charge in [0, 0.05) is 74.1 Å². The van der Waals surface area contributed by atoms with Crippen molar-refractivity contribution in [2.75, 3.05) is 46.4 Å². The van der Waals surface area contributed by atoms with E-state index in [1.54, 1.807) is 11.6 Å². The van der Waals surface area contributed by atoms with Crippen molar-refractivity contribution in [3.05, 3.63) is 83.4 Å². The van der Waals surface area contributed by atoms with Gasteiger partial charge in [-0.25, -0.2) is 4.98 Å². The van der Waals surface area contributed by atoms with Crippen LogP contribution >= 0.6 is 0 Å². The van der Waals surface area contributed by atoms with Crippen LogP contribution in [0.15, 0.2) is 77.9 Å². The number of hydrogen-bond donors (Lipinski definition) is 1. The number of aromatic amines is 1. The maximum absolute atomic E-state index is 12.4. The minimum atomic E-state index is -0.0257. The van der Waals surface area contributed by atoms with E-state index in [4.69, 9.17) is 9.72 Å². The highest BCUT2D eigenvalue weighted by atomic mass is 16.5. The average molecular weight is 494 g/mol. The van der Waals surface area contributed by atoms with Crippen LogP contribution in [0.4, 0.5) is 0 Å². The fraction of sp³-hybridized carbons (Fsp3) is 0.267. The Morgan fingerprint density at radius 1 is 0.919 bits per heavy atom. The molecule has 0 unspecified atom stereocenters. The average Bonchev–Trinajstić information content (AvgIpc) is 3.42. The lowest BCUT2D eigenvalue weighted by atomic mass is 10.0. The van der Waals surface area contributed by atoms with E-state index in [2.05, 4.69) is 58.2 Å².